The molecule has 2 aromatic carbocycles. The summed E-state index contributed by atoms with van der Waals surface area (Å²) < 4.78 is 31.9. The molecule has 37 heavy (non-hydrogen) atoms. The molecule has 0 amide bonds. The molecule has 0 N–H and O–H groups in total. The van der Waals surface area contributed by atoms with Gasteiger partial charge < -0.3 is 14.1 Å². The minimum Gasteiger partial charge on any atom is -0.378 e. The zero-order chi connectivity index (χ0) is 27.2. The van der Waals surface area contributed by atoms with Crippen LogP contribution in [0.2, 0.25) is 0 Å². The fourth-order valence-electron chi connectivity index (χ4n) is 3.40. The van der Waals surface area contributed by atoms with E-state index in [1.54, 1.807) is 24.3 Å². The predicted octanol–water partition coefficient (Wildman–Crippen LogP) is 5.01. The van der Waals surface area contributed by atoms with Crippen LogP contribution in [-0.2, 0) is 14.6 Å². The lowest BCUT2D eigenvalue weighted by Crippen LogP contribution is -2.43. The Morgan fingerprint density at radius 1 is 0.865 bits per heavy atom. The third kappa shape index (κ3) is 11.8. The molecule has 0 saturated carbocycles. The average molecular weight is 530 g/mol. The molecular weight excluding hydrogens is 488 g/mol. The second kappa shape index (κ2) is 15.4. The number of rotatable bonds is 16. The van der Waals surface area contributed by atoms with Gasteiger partial charge in [0, 0.05) is 39.4 Å². The second-order valence-electron chi connectivity index (χ2n) is 9.58. The topological polar surface area (TPSA) is 96.0 Å². The number of likely N-dealkylation sites (N-methyl/N-ethyl adjacent to an activating group) is 1. The molecule has 0 heterocycles. The summed E-state index contributed by atoms with van der Waals surface area (Å²) in [6.45, 7) is 6.22. The van der Waals surface area contributed by atoms with Crippen molar-refractivity contribution in [3.63, 3.8) is 0 Å². The lowest BCUT2D eigenvalue weighted by atomic mass is 10.3. The van der Waals surface area contributed by atoms with Crippen molar-refractivity contribution < 1.29 is 17.6 Å². The minimum absolute atomic E-state index is 0.0433. The van der Waals surface area contributed by atoms with Crippen LogP contribution in [0.15, 0.2) is 73.6 Å². The first-order valence-electron chi connectivity index (χ1n) is 12.6. The van der Waals surface area contributed by atoms with Crippen LogP contribution in [0.1, 0.15) is 19.8 Å². The van der Waals surface area contributed by atoms with Gasteiger partial charge in [0.1, 0.15) is 6.54 Å². The molecular formula is C27H41N6O3S+. The predicted molar refractivity (Wildman–Crippen MR) is 151 cm³/mol. The average Bonchev–Trinajstić information content (AvgIpc) is 2.87. The molecule has 9 nitrogen and oxygen atoms in total. The number of hydrogen-bond acceptors (Lipinski definition) is 8. The van der Waals surface area contributed by atoms with Gasteiger partial charge in [-0.2, -0.15) is 10.2 Å². The molecule has 0 aliphatic heterocycles. The van der Waals surface area contributed by atoms with Crippen molar-refractivity contribution in [2.45, 2.75) is 24.7 Å². The Morgan fingerprint density at radius 3 is 2.08 bits per heavy atom. The summed E-state index contributed by atoms with van der Waals surface area (Å²) in [6.07, 6.45) is 1.41. The highest BCUT2D eigenvalue weighted by molar-refractivity contribution is 7.91. The maximum Gasteiger partial charge on any atom is 0.178 e. The number of sulfone groups is 1. The summed E-state index contributed by atoms with van der Waals surface area (Å²) in [5.41, 5.74) is 2.41. The largest absolute Gasteiger partial charge is 0.378 e. The molecule has 2 aromatic rings. The Bertz CT molecular complexity index is 1140. The number of ether oxygens (including phenoxy) is 1. The minimum atomic E-state index is -3.38. The molecule has 0 fully saturated rings. The molecule has 0 spiro atoms. The lowest BCUT2D eigenvalue weighted by molar-refractivity contribution is -0.890. The molecule has 10 heteroatoms. The number of benzene rings is 2. The van der Waals surface area contributed by atoms with Gasteiger partial charge in [0.25, 0.3) is 0 Å². The van der Waals surface area contributed by atoms with E-state index in [2.05, 4.69) is 40.3 Å². The van der Waals surface area contributed by atoms with E-state index in [1.165, 1.54) is 0 Å². The van der Waals surface area contributed by atoms with E-state index < -0.39 is 9.84 Å². The van der Waals surface area contributed by atoms with Gasteiger partial charge in [-0.05, 0) is 61.9 Å². The van der Waals surface area contributed by atoms with E-state index in [4.69, 9.17) is 4.74 Å². The van der Waals surface area contributed by atoms with Crippen molar-refractivity contribution in [2.75, 3.05) is 78.2 Å². The first-order valence-corrected chi connectivity index (χ1v) is 14.3. The van der Waals surface area contributed by atoms with E-state index in [0.717, 1.165) is 41.9 Å². The maximum atomic E-state index is 12.7. The van der Waals surface area contributed by atoms with Gasteiger partial charge in [0.2, 0.25) is 0 Å². The van der Waals surface area contributed by atoms with Crippen molar-refractivity contribution >= 4 is 32.9 Å². The monoisotopic (exact) mass is 529 g/mol. The van der Waals surface area contributed by atoms with Gasteiger partial charge in [-0.3, -0.25) is 0 Å². The van der Waals surface area contributed by atoms with E-state index in [0.29, 0.717) is 31.9 Å². The second-order valence-corrected chi connectivity index (χ2v) is 11.7. The van der Waals surface area contributed by atoms with Gasteiger partial charge in [-0.15, -0.1) is 0 Å². The SMILES string of the molecule is CCN=C=NCCC[N+](C)(C)CCOCCCS(=O)(=O)c1ccc(N=Nc2ccc(N(C)C)cc2)cc1. The van der Waals surface area contributed by atoms with Crippen LogP contribution in [0, 0.1) is 0 Å². The fourth-order valence-corrected chi connectivity index (χ4v) is 4.68. The number of hydrogen-bond donors (Lipinski definition) is 0. The number of azo groups is 1. The van der Waals surface area contributed by atoms with Gasteiger partial charge in [0.05, 0.1) is 61.8 Å². The standard InChI is InChI=1S/C27H41N6O3S/c1-6-28-23-29-17-7-18-33(4,5)19-21-36-20-8-22-37(34,35)27-15-11-25(12-16-27)31-30-24-9-13-26(14-10-24)32(2)3/h9-16H,6-8,17-22H2,1-5H3/q+1. The summed E-state index contributed by atoms with van der Waals surface area (Å²) in [7, 11) is 4.88. The van der Waals surface area contributed by atoms with Crippen LogP contribution in [0.5, 0.6) is 0 Å². The summed E-state index contributed by atoms with van der Waals surface area (Å²) in [6, 6.07) is 16.9. The van der Waals surface area contributed by atoms with Gasteiger partial charge in [0.15, 0.2) is 9.84 Å². The van der Waals surface area contributed by atoms with E-state index in [9.17, 15) is 8.42 Å². The molecule has 0 saturated heterocycles. The van der Waals surface area contributed by atoms with Crippen molar-refractivity contribution in [3.8, 4) is 0 Å². The molecule has 0 radical (unpaired) electrons. The van der Waals surface area contributed by atoms with Crippen molar-refractivity contribution in [1.29, 1.82) is 0 Å². The van der Waals surface area contributed by atoms with Crippen LogP contribution in [0.4, 0.5) is 17.1 Å². The Balaban J connectivity index is 1.72. The number of nitrogens with zero attached hydrogens (tertiary/aromatic N) is 6. The maximum absolute atomic E-state index is 12.7. The summed E-state index contributed by atoms with van der Waals surface area (Å²) in [5, 5.41) is 8.43. The summed E-state index contributed by atoms with van der Waals surface area (Å²) in [5.74, 6) is 0.0433. The van der Waals surface area contributed by atoms with Crippen LogP contribution < -0.4 is 4.90 Å². The molecule has 0 aliphatic carbocycles. The molecule has 0 aliphatic rings. The van der Waals surface area contributed by atoms with Crippen LogP contribution in [-0.4, -0.2) is 92.2 Å². The van der Waals surface area contributed by atoms with Crippen LogP contribution in [0.3, 0.4) is 0 Å². The first-order chi connectivity index (χ1) is 17.6. The third-order valence-electron chi connectivity index (χ3n) is 5.72. The van der Waals surface area contributed by atoms with Crippen molar-refractivity contribution in [2.24, 2.45) is 20.2 Å². The molecule has 0 atom stereocenters. The Morgan fingerprint density at radius 2 is 1.49 bits per heavy atom. The molecule has 2 rings (SSSR count). The van der Waals surface area contributed by atoms with Crippen molar-refractivity contribution in [1.82, 2.24) is 0 Å². The van der Waals surface area contributed by atoms with Crippen LogP contribution in [0.25, 0.3) is 0 Å². The van der Waals surface area contributed by atoms with E-state index in [1.807, 2.05) is 50.2 Å². The summed E-state index contributed by atoms with van der Waals surface area (Å²) in [4.78, 5) is 10.4. The van der Waals surface area contributed by atoms with Gasteiger partial charge >= 0.3 is 0 Å². The van der Waals surface area contributed by atoms with E-state index >= 15 is 0 Å². The van der Waals surface area contributed by atoms with Crippen LogP contribution >= 0.6 is 0 Å². The van der Waals surface area contributed by atoms with Crippen molar-refractivity contribution in [3.05, 3.63) is 48.5 Å². The molecule has 0 unspecified atom stereocenters. The van der Waals surface area contributed by atoms with Gasteiger partial charge in [-0.25, -0.2) is 18.4 Å². The van der Waals surface area contributed by atoms with E-state index in [-0.39, 0.29) is 10.6 Å². The number of quaternary nitrogens is 1. The first kappa shape index (κ1) is 30.3. The Hall–Kier alpha value is -2.91. The molecule has 0 bridgehead atoms. The third-order valence-corrected chi connectivity index (χ3v) is 7.54. The smallest absolute Gasteiger partial charge is 0.178 e. The Kier molecular flexibility index (Phi) is 12.6. The highest BCUT2D eigenvalue weighted by Gasteiger charge is 2.16. The number of anilines is 1. The zero-order valence-electron chi connectivity index (χ0n) is 22.8. The normalized spacial score (nSPS) is 11.9. The lowest BCUT2D eigenvalue weighted by Gasteiger charge is -2.29. The highest BCUT2D eigenvalue weighted by Crippen LogP contribution is 2.23. The number of aliphatic imine (C=N–C) groups is 2. The Labute approximate surface area is 222 Å². The highest BCUT2D eigenvalue weighted by atomic mass is 32.2. The fraction of sp³-hybridized carbons (Fsp3) is 0.519. The molecule has 202 valence electrons. The molecule has 0 aromatic heterocycles. The zero-order valence-corrected chi connectivity index (χ0v) is 23.6. The van der Waals surface area contributed by atoms with Gasteiger partial charge in [-0.1, -0.05) is 0 Å². The summed E-state index contributed by atoms with van der Waals surface area (Å²) >= 11 is 0. The quantitative estimate of drug-likeness (QED) is 0.132.